The maximum atomic E-state index is 12.8. The summed E-state index contributed by atoms with van der Waals surface area (Å²) in [5.41, 5.74) is 3.33. The Labute approximate surface area is 136 Å². The Morgan fingerprint density at radius 1 is 1.39 bits per heavy atom. The first-order valence-electron chi connectivity index (χ1n) is 8.00. The van der Waals surface area contributed by atoms with E-state index in [1.54, 1.807) is 14.2 Å². The largest absolute Gasteiger partial charge is 0.383 e. The Morgan fingerprint density at radius 2 is 2.22 bits per heavy atom. The molecule has 2 heterocycles. The molecule has 1 N–H and O–H groups in total. The average molecular weight is 316 g/mol. The molecule has 0 bridgehead atoms. The van der Waals surface area contributed by atoms with Gasteiger partial charge in [0, 0.05) is 37.9 Å². The first-order chi connectivity index (χ1) is 11.1. The number of hydrogen-bond donors (Lipinski definition) is 1. The maximum absolute atomic E-state index is 12.8. The maximum Gasteiger partial charge on any atom is 0.227 e. The molecule has 0 unspecified atom stereocenters. The normalized spacial score (nSPS) is 21.3. The summed E-state index contributed by atoms with van der Waals surface area (Å²) in [6, 6.07) is 6.25. The van der Waals surface area contributed by atoms with Gasteiger partial charge in [0.25, 0.3) is 0 Å². The molecule has 1 saturated heterocycles. The summed E-state index contributed by atoms with van der Waals surface area (Å²) in [4.78, 5) is 18.0. The van der Waals surface area contributed by atoms with Crippen LogP contribution in [0.1, 0.15) is 17.5 Å². The second kappa shape index (κ2) is 6.72. The smallest absolute Gasteiger partial charge is 0.227 e. The monoisotopic (exact) mass is 316 g/mol. The van der Waals surface area contributed by atoms with Crippen LogP contribution < -0.4 is 0 Å². The molecule has 1 fully saturated rings. The van der Waals surface area contributed by atoms with Crippen molar-refractivity contribution in [3.05, 3.63) is 35.5 Å². The van der Waals surface area contributed by atoms with E-state index in [2.05, 4.69) is 18.0 Å². The molecule has 2 atom stereocenters. The number of ether oxygens (including phenoxy) is 2. The van der Waals surface area contributed by atoms with Crippen LogP contribution in [-0.2, 0) is 20.7 Å². The van der Waals surface area contributed by atoms with Crippen LogP contribution in [-0.4, -0.2) is 55.3 Å². The number of nitrogens with one attached hydrogen (secondary N) is 1. The summed E-state index contributed by atoms with van der Waals surface area (Å²) in [6.07, 6.45) is 3.29. The fourth-order valence-corrected chi connectivity index (χ4v) is 3.56. The zero-order chi connectivity index (χ0) is 16.4. The number of fused-ring (bicyclic) bond motifs is 1. The molecule has 0 saturated carbocycles. The number of benzene rings is 1. The molecule has 124 valence electrons. The first-order valence-corrected chi connectivity index (χ1v) is 8.00. The minimum Gasteiger partial charge on any atom is -0.383 e. The lowest BCUT2D eigenvalue weighted by molar-refractivity contribution is -0.132. The summed E-state index contributed by atoms with van der Waals surface area (Å²) in [7, 11) is 3.37. The lowest BCUT2D eigenvalue weighted by atomic mass is 10.0. The zero-order valence-electron chi connectivity index (χ0n) is 14.0. The molecule has 3 rings (SSSR count). The van der Waals surface area contributed by atoms with Gasteiger partial charge in [-0.25, -0.2) is 0 Å². The summed E-state index contributed by atoms with van der Waals surface area (Å²) in [5.74, 6) is 0.135. The van der Waals surface area contributed by atoms with Gasteiger partial charge in [0.2, 0.25) is 5.91 Å². The van der Waals surface area contributed by atoms with Crippen molar-refractivity contribution < 1.29 is 14.3 Å². The minimum atomic E-state index is 0.101. The van der Waals surface area contributed by atoms with Crippen molar-refractivity contribution in [1.82, 2.24) is 9.88 Å². The van der Waals surface area contributed by atoms with Crippen LogP contribution in [0.4, 0.5) is 0 Å². The molecule has 0 radical (unpaired) electrons. The molecule has 0 aliphatic carbocycles. The highest BCUT2D eigenvalue weighted by atomic mass is 16.5. The van der Waals surface area contributed by atoms with Gasteiger partial charge in [-0.05, 0) is 30.5 Å². The third-order valence-electron chi connectivity index (χ3n) is 4.73. The number of aryl methyl sites for hydroxylation is 1. The average Bonchev–Trinajstić information content (AvgIpc) is 3.13. The van der Waals surface area contributed by atoms with Crippen molar-refractivity contribution in [2.75, 3.05) is 27.4 Å². The van der Waals surface area contributed by atoms with Crippen molar-refractivity contribution in [3.63, 3.8) is 0 Å². The molecular weight excluding hydrogens is 292 g/mol. The summed E-state index contributed by atoms with van der Waals surface area (Å²) in [6.45, 7) is 3.28. The number of nitrogens with zero attached hydrogens (tertiary/aromatic N) is 1. The van der Waals surface area contributed by atoms with E-state index >= 15 is 0 Å². The molecule has 1 aromatic heterocycles. The Morgan fingerprint density at radius 3 is 2.96 bits per heavy atom. The van der Waals surface area contributed by atoms with Crippen molar-refractivity contribution >= 4 is 16.8 Å². The fraction of sp³-hybridized carbons (Fsp3) is 0.500. The van der Waals surface area contributed by atoms with E-state index in [0.29, 0.717) is 19.6 Å². The van der Waals surface area contributed by atoms with Gasteiger partial charge in [0.1, 0.15) is 0 Å². The first kappa shape index (κ1) is 16.0. The van der Waals surface area contributed by atoms with Crippen molar-refractivity contribution in [2.45, 2.75) is 31.9 Å². The second-order valence-corrected chi connectivity index (χ2v) is 6.24. The number of methoxy groups -OCH3 is 2. The van der Waals surface area contributed by atoms with Crippen LogP contribution in [0.25, 0.3) is 10.9 Å². The number of carbonyl (C=O) groups is 1. The van der Waals surface area contributed by atoms with E-state index < -0.39 is 0 Å². The van der Waals surface area contributed by atoms with Gasteiger partial charge in [0.15, 0.2) is 0 Å². The van der Waals surface area contributed by atoms with E-state index in [1.807, 2.05) is 23.2 Å². The Bertz CT molecular complexity index is 695. The van der Waals surface area contributed by atoms with Crippen molar-refractivity contribution in [3.8, 4) is 0 Å². The molecule has 0 spiro atoms. The number of H-pyrrole nitrogens is 1. The molecular formula is C18H24N2O3. The number of amides is 1. The summed E-state index contributed by atoms with van der Waals surface area (Å²) >= 11 is 0. The summed E-state index contributed by atoms with van der Waals surface area (Å²) < 4.78 is 10.7. The third kappa shape index (κ3) is 3.12. The second-order valence-electron chi connectivity index (χ2n) is 6.24. The van der Waals surface area contributed by atoms with Crippen LogP contribution in [0.5, 0.6) is 0 Å². The van der Waals surface area contributed by atoms with E-state index in [9.17, 15) is 4.79 Å². The topological polar surface area (TPSA) is 54.6 Å². The molecule has 1 aliphatic rings. The van der Waals surface area contributed by atoms with E-state index in [0.717, 1.165) is 22.9 Å². The van der Waals surface area contributed by atoms with Crippen molar-refractivity contribution in [1.29, 1.82) is 0 Å². The molecule has 5 nitrogen and oxygen atoms in total. The van der Waals surface area contributed by atoms with Gasteiger partial charge >= 0.3 is 0 Å². The SMILES string of the molecule is COC[C@@H]1C[C@@H](OC)CN1C(=O)Cc1c[nH]c2cccc(C)c12. The van der Waals surface area contributed by atoms with Gasteiger partial charge in [-0.15, -0.1) is 0 Å². The van der Waals surface area contributed by atoms with Gasteiger partial charge < -0.3 is 19.4 Å². The highest BCUT2D eigenvalue weighted by molar-refractivity contribution is 5.91. The summed E-state index contributed by atoms with van der Waals surface area (Å²) in [5, 5.41) is 1.16. The Kier molecular flexibility index (Phi) is 4.68. The molecule has 5 heteroatoms. The van der Waals surface area contributed by atoms with Crippen LogP contribution in [0.2, 0.25) is 0 Å². The number of aromatic amines is 1. The Hall–Kier alpha value is -1.85. The highest BCUT2D eigenvalue weighted by Gasteiger charge is 2.35. The van der Waals surface area contributed by atoms with Gasteiger partial charge in [-0.1, -0.05) is 12.1 Å². The quantitative estimate of drug-likeness (QED) is 0.921. The predicted molar refractivity (Wildman–Crippen MR) is 89.5 cm³/mol. The lowest BCUT2D eigenvalue weighted by Gasteiger charge is -2.23. The van der Waals surface area contributed by atoms with Crippen LogP contribution in [0, 0.1) is 6.92 Å². The van der Waals surface area contributed by atoms with Crippen LogP contribution >= 0.6 is 0 Å². The van der Waals surface area contributed by atoms with Crippen LogP contribution in [0.15, 0.2) is 24.4 Å². The highest BCUT2D eigenvalue weighted by Crippen LogP contribution is 2.25. The number of rotatable bonds is 5. The number of likely N-dealkylation sites (tertiary alicyclic amines) is 1. The number of aromatic nitrogens is 1. The van der Waals surface area contributed by atoms with E-state index in [-0.39, 0.29) is 18.1 Å². The van der Waals surface area contributed by atoms with E-state index in [1.165, 1.54) is 5.56 Å². The molecule has 1 aliphatic heterocycles. The standard InChI is InChI=1S/C18H24N2O3/c1-12-5-4-6-16-18(12)13(9-19-16)7-17(21)20-10-15(23-3)8-14(20)11-22-2/h4-6,9,14-15,19H,7-8,10-11H2,1-3H3/t14-,15+/m0/s1. The van der Waals surface area contributed by atoms with Gasteiger partial charge in [-0.3, -0.25) is 4.79 Å². The molecule has 1 amide bonds. The van der Waals surface area contributed by atoms with Crippen LogP contribution in [0.3, 0.4) is 0 Å². The predicted octanol–water partition coefficient (Wildman–Crippen LogP) is 2.28. The Balaban J connectivity index is 1.80. The molecule has 2 aromatic rings. The molecule has 1 aromatic carbocycles. The molecule has 23 heavy (non-hydrogen) atoms. The van der Waals surface area contributed by atoms with E-state index in [4.69, 9.17) is 9.47 Å². The zero-order valence-corrected chi connectivity index (χ0v) is 14.0. The fourth-order valence-electron chi connectivity index (χ4n) is 3.56. The van der Waals surface area contributed by atoms with Gasteiger partial charge in [-0.2, -0.15) is 0 Å². The number of carbonyl (C=O) groups excluding carboxylic acids is 1. The lowest BCUT2D eigenvalue weighted by Crippen LogP contribution is -2.39. The van der Waals surface area contributed by atoms with Crippen molar-refractivity contribution in [2.24, 2.45) is 0 Å². The third-order valence-corrected chi connectivity index (χ3v) is 4.73. The van der Waals surface area contributed by atoms with Gasteiger partial charge in [0.05, 0.1) is 25.2 Å². The number of hydrogen-bond acceptors (Lipinski definition) is 3. The minimum absolute atomic E-state index is 0.101.